The van der Waals surface area contributed by atoms with Crippen LogP contribution in [0.2, 0.25) is 0 Å². The summed E-state index contributed by atoms with van der Waals surface area (Å²) in [7, 11) is 0. The van der Waals surface area contributed by atoms with E-state index in [1.807, 2.05) is 24.3 Å². The molecule has 6 nitrogen and oxygen atoms in total. The fourth-order valence-electron chi connectivity index (χ4n) is 1.65. The Bertz CT molecular complexity index is 598. The maximum atomic E-state index is 10.7. The van der Waals surface area contributed by atoms with E-state index in [2.05, 4.69) is 20.9 Å². The minimum Gasteiger partial charge on any atom is -0.491 e. The number of hydrogen-bond acceptors (Lipinski definition) is 4. The van der Waals surface area contributed by atoms with Gasteiger partial charge in [-0.3, -0.25) is 0 Å². The van der Waals surface area contributed by atoms with Crippen molar-refractivity contribution in [2.24, 2.45) is 0 Å². The van der Waals surface area contributed by atoms with Gasteiger partial charge in [0.2, 0.25) is 6.33 Å². The molecule has 19 heavy (non-hydrogen) atoms. The predicted molar refractivity (Wildman–Crippen MR) is 73.3 cm³/mol. The van der Waals surface area contributed by atoms with Gasteiger partial charge in [0.25, 0.3) is 0 Å². The summed E-state index contributed by atoms with van der Waals surface area (Å²) in [5.41, 5.74) is 0.528. The highest BCUT2D eigenvalue weighted by atomic mass is 79.9. The number of nitrogens with zero attached hydrogens (tertiary/aromatic N) is 3. The number of para-hydroxylation sites is 1. The topological polar surface area (TPSA) is 70.2 Å². The van der Waals surface area contributed by atoms with E-state index >= 15 is 0 Å². The minimum absolute atomic E-state index is 0.110. The van der Waals surface area contributed by atoms with E-state index in [1.165, 1.54) is 6.33 Å². The first-order chi connectivity index (χ1) is 9.09. The van der Waals surface area contributed by atoms with Crippen LogP contribution in [0.4, 0.5) is 5.82 Å². The molecule has 0 amide bonds. The van der Waals surface area contributed by atoms with Crippen LogP contribution < -0.4 is 4.74 Å². The van der Waals surface area contributed by atoms with Gasteiger partial charge in [-0.25, -0.2) is 0 Å². The first-order valence-corrected chi connectivity index (χ1v) is 6.42. The number of ether oxygens (including phenoxy) is 1. The molecule has 0 N–H and O–H groups in total. The molecule has 0 spiro atoms. The maximum absolute atomic E-state index is 10.7. The second-order valence-electron chi connectivity index (χ2n) is 3.88. The Labute approximate surface area is 118 Å². The molecule has 0 bridgehead atoms. The van der Waals surface area contributed by atoms with Gasteiger partial charge in [-0.1, -0.05) is 12.1 Å². The van der Waals surface area contributed by atoms with Crippen molar-refractivity contribution in [2.45, 2.75) is 13.5 Å². The van der Waals surface area contributed by atoms with E-state index in [9.17, 15) is 10.1 Å². The minimum atomic E-state index is -0.486. The van der Waals surface area contributed by atoms with Gasteiger partial charge in [0.1, 0.15) is 18.1 Å². The lowest BCUT2D eigenvalue weighted by Crippen LogP contribution is -2.09. The number of aromatic nitrogens is 2. The van der Waals surface area contributed by atoms with Crippen molar-refractivity contribution in [3.63, 3.8) is 0 Å². The van der Waals surface area contributed by atoms with Crippen molar-refractivity contribution in [3.8, 4) is 5.75 Å². The Balaban J connectivity index is 1.97. The highest BCUT2D eigenvalue weighted by molar-refractivity contribution is 9.10. The Morgan fingerprint density at radius 2 is 2.21 bits per heavy atom. The van der Waals surface area contributed by atoms with Crippen LogP contribution in [-0.4, -0.2) is 21.1 Å². The third kappa shape index (κ3) is 3.11. The summed E-state index contributed by atoms with van der Waals surface area (Å²) in [5.74, 6) is 0.635. The zero-order valence-corrected chi connectivity index (χ0v) is 11.8. The van der Waals surface area contributed by atoms with Gasteiger partial charge in [0.15, 0.2) is 0 Å². The van der Waals surface area contributed by atoms with Gasteiger partial charge in [-0.2, -0.15) is 0 Å². The summed E-state index contributed by atoms with van der Waals surface area (Å²) in [4.78, 5) is 13.9. The fraction of sp³-hybridized carbons (Fsp3) is 0.250. The molecule has 0 radical (unpaired) electrons. The lowest BCUT2D eigenvalue weighted by Gasteiger charge is -2.08. The zero-order valence-electron chi connectivity index (χ0n) is 10.2. The largest absolute Gasteiger partial charge is 0.491 e. The summed E-state index contributed by atoms with van der Waals surface area (Å²) in [6.45, 7) is 2.59. The molecule has 0 unspecified atom stereocenters. The van der Waals surface area contributed by atoms with Gasteiger partial charge in [-0.05, 0) is 44.9 Å². The number of halogens is 1. The van der Waals surface area contributed by atoms with Crippen molar-refractivity contribution >= 4 is 21.7 Å². The third-order valence-corrected chi connectivity index (χ3v) is 3.33. The zero-order chi connectivity index (χ0) is 13.8. The number of rotatable bonds is 5. The first-order valence-electron chi connectivity index (χ1n) is 5.63. The number of nitro groups is 1. The molecule has 100 valence electrons. The standard InChI is InChI=1S/C12H12BrN3O3/c1-9-12(16(17)18)14-8-15(9)6-7-19-11-5-3-2-4-10(11)13/h2-5,8H,6-7H2,1H3. The van der Waals surface area contributed by atoms with E-state index in [0.717, 1.165) is 10.2 Å². The molecule has 2 aromatic rings. The normalized spacial score (nSPS) is 10.4. The Kier molecular flexibility index (Phi) is 4.16. The van der Waals surface area contributed by atoms with Crippen molar-refractivity contribution < 1.29 is 9.66 Å². The summed E-state index contributed by atoms with van der Waals surface area (Å²) < 4.78 is 8.18. The van der Waals surface area contributed by atoms with E-state index in [0.29, 0.717) is 18.8 Å². The second-order valence-corrected chi connectivity index (χ2v) is 4.74. The molecule has 0 atom stereocenters. The Morgan fingerprint density at radius 3 is 2.84 bits per heavy atom. The molecule has 0 aliphatic rings. The van der Waals surface area contributed by atoms with E-state index in [1.54, 1.807) is 11.5 Å². The summed E-state index contributed by atoms with van der Waals surface area (Å²) in [6, 6.07) is 7.53. The number of benzene rings is 1. The highest BCUT2D eigenvalue weighted by Gasteiger charge is 2.16. The Morgan fingerprint density at radius 1 is 1.47 bits per heavy atom. The van der Waals surface area contributed by atoms with E-state index in [4.69, 9.17) is 4.74 Å². The quantitative estimate of drug-likeness (QED) is 0.626. The highest BCUT2D eigenvalue weighted by Crippen LogP contribution is 2.23. The molecule has 0 saturated carbocycles. The van der Waals surface area contributed by atoms with Crippen LogP contribution in [0.5, 0.6) is 5.75 Å². The van der Waals surface area contributed by atoms with Crippen LogP contribution in [0.1, 0.15) is 5.69 Å². The molecule has 0 aliphatic heterocycles. The van der Waals surface area contributed by atoms with Gasteiger partial charge in [-0.15, -0.1) is 0 Å². The van der Waals surface area contributed by atoms with Crippen LogP contribution in [0.25, 0.3) is 0 Å². The van der Waals surface area contributed by atoms with Crippen molar-refractivity contribution in [1.29, 1.82) is 0 Å². The monoisotopic (exact) mass is 325 g/mol. The van der Waals surface area contributed by atoms with Crippen LogP contribution >= 0.6 is 15.9 Å². The van der Waals surface area contributed by atoms with E-state index in [-0.39, 0.29) is 5.82 Å². The SMILES string of the molecule is Cc1c([N+](=O)[O-])ncn1CCOc1ccccc1Br. The lowest BCUT2D eigenvalue weighted by atomic mass is 10.3. The molecule has 0 fully saturated rings. The average molecular weight is 326 g/mol. The van der Waals surface area contributed by atoms with Gasteiger partial charge in [0, 0.05) is 0 Å². The maximum Gasteiger partial charge on any atom is 0.384 e. The number of imidazole rings is 1. The van der Waals surface area contributed by atoms with Crippen LogP contribution in [0.3, 0.4) is 0 Å². The molecule has 1 aromatic heterocycles. The molecule has 0 aliphatic carbocycles. The molecule has 2 rings (SSSR count). The van der Waals surface area contributed by atoms with Crippen LogP contribution in [0.15, 0.2) is 35.1 Å². The van der Waals surface area contributed by atoms with Gasteiger partial charge < -0.3 is 19.4 Å². The van der Waals surface area contributed by atoms with Gasteiger partial charge >= 0.3 is 5.82 Å². The third-order valence-electron chi connectivity index (χ3n) is 2.67. The fourth-order valence-corrected chi connectivity index (χ4v) is 2.05. The summed E-state index contributed by atoms with van der Waals surface area (Å²) in [5, 5.41) is 10.7. The molecule has 0 saturated heterocycles. The Hall–Kier alpha value is -1.89. The molecule has 7 heteroatoms. The van der Waals surface area contributed by atoms with Crippen molar-refractivity contribution in [1.82, 2.24) is 9.55 Å². The molecular formula is C12H12BrN3O3. The lowest BCUT2D eigenvalue weighted by molar-refractivity contribution is -0.389. The summed E-state index contributed by atoms with van der Waals surface area (Å²) in [6.07, 6.45) is 1.46. The number of hydrogen-bond donors (Lipinski definition) is 0. The van der Waals surface area contributed by atoms with Crippen molar-refractivity contribution in [2.75, 3.05) is 6.61 Å². The summed E-state index contributed by atoms with van der Waals surface area (Å²) >= 11 is 3.39. The van der Waals surface area contributed by atoms with Crippen molar-refractivity contribution in [3.05, 3.63) is 50.9 Å². The smallest absolute Gasteiger partial charge is 0.384 e. The second kappa shape index (κ2) is 5.83. The first kappa shape index (κ1) is 13.5. The average Bonchev–Trinajstić information content (AvgIpc) is 2.74. The predicted octanol–water partition coefficient (Wildman–Crippen LogP) is 2.94. The van der Waals surface area contributed by atoms with Crippen LogP contribution in [-0.2, 0) is 6.54 Å². The van der Waals surface area contributed by atoms with E-state index < -0.39 is 4.92 Å². The van der Waals surface area contributed by atoms with Crippen LogP contribution in [0, 0.1) is 17.0 Å². The molecule has 1 aromatic carbocycles. The molecule has 1 heterocycles. The molecular weight excluding hydrogens is 314 g/mol. The van der Waals surface area contributed by atoms with Gasteiger partial charge in [0.05, 0.1) is 11.0 Å².